The van der Waals surface area contributed by atoms with Gasteiger partial charge in [0.25, 0.3) is 11.6 Å². The Labute approximate surface area is 103 Å². The maximum absolute atomic E-state index is 12.0. The molecular weight excluding hydrogens is 236 g/mol. The number of Topliss-reactive ketones (excluding diaryl/α,β-unsaturated/α-hetero) is 1. The average Bonchev–Trinajstić information content (AvgIpc) is 2.38. The summed E-state index contributed by atoms with van der Waals surface area (Å²) in [7, 11) is 0. The van der Waals surface area contributed by atoms with Crippen molar-refractivity contribution in [3.63, 3.8) is 0 Å². The van der Waals surface area contributed by atoms with E-state index in [0.29, 0.717) is 24.9 Å². The predicted molar refractivity (Wildman–Crippen MR) is 63.2 cm³/mol. The van der Waals surface area contributed by atoms with Crippen LogP contribution in [-0.4, -0.2) is 34.6 Å². The van der Waals surface area contributed by atoms with Crippen LogP contribution >= 0.6 is 0 Å². The van der Waals surface area contributed by atoms with E-state index in [9.17, 15) is 19.7 Å². The number of amides is 1. The number of hydrogen-bond acceptors (Lipinski definition) is 4. The largest absolute Gasteiger partial charge is 0.331 e. The molecule has 0 unspecified atom stereocenters. The highest BCUT2D eigenvalue weighted by molar-refractivity contribution is 5.97. The number of likely N-dealkylation sites (tertiary alicyclic amines) is 1. The van der Waals surface area contributed by atoms with Gasteiger partial charge < -0.3 is 4.90 Å². The molecule has 1 aliphatic rings. The van der Waals surface area contributed by atoms with E-state index in [1.165, 1.54) is 29.2 Å². The molecular formula is C12H12N2O4. The topological polar surface area (TPSA) is 80.5 Å². The summed E-state index contributed by atoms with van der Waals surface area (Å²) in [6.07, 6.45) is 1.20. The van der Waals surface area contributed by atoms with E-state index < -0.39 is 4.92 Å². The third-order valence-corrected chi connectivity index (χ3v) is 2.86. The van der Waals surface area contributed by atoms with Gasteiger partial charge in [-0.25, -0.2) is 0 Å². The van der Waals surface area contributed by atoms with Gasteiger partial charge in [-0.15, -0.1) is 0 Å². The second-order valence-electron chi connectivity index (χ2n) is 4.17. The summed E-state index contributed by atoms with van der Waals surface area (Å²) in [5.74, 6) is -0.200. The third-order valence-electron chi connectivity index (χ3n) is 2.86. The maximum atomic E-state index is 12.0. The lowest BCUT2D eigenvalue weighted by molar-refractivity contribution is -0.384. The van der Waals surface area contributed by atoms with Gasteiger partial charge in [-0.1, -0.05) is 0 Å². The molecule has 0 N–H and O–H groups in total. The minimum Gasteiger partial charge on any atom is -0.331 e. The van der Waals surface area contributed by atoms with Gasteiger partial charge in [0.2, 0.25) is 0 Å². The molecule has 6 nitrogen and oxygen atoms in total. The predicted octanol–water partition coefficient (Wildman–Crippen LogP) is 1.40. The van der Waals surface area contributed by atoms with E-state index in [1.807, 2.05) is 0 Å². The highest BCUT2D eigenvalue weighted by Crippen LogP contribution is 2.15. The van der Waals surface area contributed by atoms with Crippen LogP contribution in [0.2, 0.25) is 0 Å². The SMILES string of the molecule is O=C1CCCN(C(=O)c2ccc([N+](=O)[O-])cc2)C1. The van der Waals surface area contributed by atoms with E-state index in [2.05, 4.69) is 0 Å². The summed E-state index contributed by atoms with van der Waals surface area (Å²) < 4.78 is 0. The first-order valence-electron chi connectivity index (χ1n) is 5.63. The quantitative estimate of drug-likeness (QED) is 0.585. The number of piperidine rings is 1. The van der Waals surface area contributed by atoms with Crippen molar-refractivity contribution in [3.05, 3.63) is 39.9 Å². The van der Waals surface area contributed by atoms with Crippen LogP contribution < -0.4 is 0 Å². The average molecular weight is 248 g/mol. The Kier molecular flexibility index (Phi) is 3.36. The van der Waals surface area contributed by atoms with Gasteiger partial charge in [0.1, 0.15) is 0 Å². The number of rotatable bonds is 2. The number of benzene rings is 1. The molecule has 0 spiro atoms. The Hall–Kier alpha value is -2.24. The molecule has 1 amide bonds. The van der Waals surface area contributed by atoms with Crippen LogP contribution in [0.3, 0.4) is 0 Å². The third kappa shape index (κ3) is 2.53. The van der Waals surface area contributed by atoms with Crippen LogP contribution in [0.1, 0.15) is 23.2 Å². The zero-order valence-electron chi connectivity index (χ0n) is 9.67. The van der Waals surface area contributed by atoms with Crippen LogP contribution in [0, 0.1) is 10.1 Å². The first kappa shape index (κ1) is 12.2. The highest BCUT2D eigenvalue weighted by atomic mass is 16.6. The minimum atomic E-state index is -0.515. The molecule has 18 heavy (non-hydrogen) atoms. The van der Waals surface area contributed by atoms with Gasteiger partial charge in [0.15, 0.2) is 5.78 Å². The van der Waals surface area contributed by atoms with Crippen LogP contribution in [0.5, 0.6) is 0 Å². The first-order chi connectivity index (χ1) is 8.58. The maximum Gasteiger partial charge on any atom is 0.269 e. The summed E-state index contributed by atoms with van der Waals surface area (Å²) >= 11 is 0. The standard InChI is InChI=1S/C12H12N2O4/c15-11-2-1-7-13(8-11)12(16)9-3-5-10(6-4-9)14(17)18/h3-6H,1-2,7-8H2. The van der Waals surface area contributed by atoms with Crippen molar-refractivity contribution in [3.8, 4) is 0 Å². The lowest BCUT2D eigenvalue weighted by Gasteiger charge is -2.25. The fraction of sp³-hybridized carbons (Fsp3) is 0.333. The first-order valence-corrected chi connectivity index (χ1v) is 5.63. The Balaban J connectivity index is 2.13. The van der Waals surface area contributed by atoms with E-state index >= 15 is 0 Å². The van der Waals surface area contributed by atoms with Crippen LogP contribution in [0.25, 0.3) is 0 Å². The van der Waals surface area contributed by atoms with Gasteiger partial charge in [-0.2, -0.15) is 0 Å². The fourth-order valence-corrected chi connectivity index (χ4v) is 1.92. The van der Waals surface area contributed by atoms with Crippen molar-refractivity contribution in [2.24, 2.45) is 0 Å². The molecule has 1 aromatic rings. The van der Waals surface area contributed by atoms with Crippen LogP contribution in [0.15, 0.2) is 24.3 Å². The molecule has 0 bridgehead atoms. The molecule has 1 aliphatic heterocycles. The van der Waals surface area contributed by atoms with Crippen molar-refractivity contribution in [1.82, 2.24) is 4.90 Å². The second-order valence-corrected chi connectivity index (χ2v) is 4.17. The second kappa shape index (κ2) is 4.95. The Morgan fingerprint density at radius 2 is 1.94 bits per heavy atom. The number of ketones is 1. The molecule has 0 aromatic heterocycles. The molecule has 0 atom stereocenters. The highest BCUT2D eigenvalue weighted by Gasteiger charge is 2.22. The normalized spacial score (nSPS) is 15.6. The van der Waals surface area contributed by atoms with Crippen LogP contribution in [-0.2, 0) is 4.79 Å². The number of nitrogens with zero attached hydrogens (tertiary/aromatic N) is 2. The molecule has 1 heterocycles. The van der Waals surface area contributed by atoms with E-state index in [0.717, 1.165) is 0 Å². The Bertz CT molecular complexity index is 495. The lowest BCUT2D eigenvalue weighted by atomic mass is 10.1. The molecule has 94 valence electrons. The van der Waals surface area contributed by atoms with Crippen LogP contribution in [0.4, 0.5) is 5.69 Å². The van der Waals surface area contributed by atoms with Gasteiger partial charge in [-0.3, -0.25) is 19.7 Å². The number of carbonyl (C=O) groups excluding carboxylic acids is 2. The van der Waals surface area contributed by atoms with Crippen molar-refractivity contribution in [2.45, 2.75) is 12.8 Å². The smallest absolute Gasteiger partial charge is 0.269 e. The van der Waals surface area contributed by atoms with Crippen molar-refractivity contribution < 1.29 is 14.5 Å². The molecule has 1 aromatic carbocycles. The summed E-state index contributed by atoms with van der Waals surface area (Å²) in [5.41, 5.74) is 0.316. The lowest BCUT2D eigenvalue weighted by Crippen LogP contribution is -2.40. The van der Waals surface area contributed by atoms with E-state index in [4.69, 9.17) is 0 Å². The van der Waals surface area contributed by atoms with Gasteiger partial charge in [0, 0.05) is 30.7 Å². The summed E-state index contributed by atoms with van der Waals surface area (Å²) in [4.78, 5) is 34.8. The summed E-state index contributed by atoms with van der Waals surface area (Å²) in [6, 6.07) is 5.41. The number of non-ortho nitro benzene ring substituents is 1. The minimum absolute atomic E-state index is 0.0523. The molecule has 1 fully saturated rings. The fourth-order valence-electron chi connectivity index (χ4n) is 1.92. The summed E-state index contributed by atoms with van der Waals surface area (Å²) in [6.45, 7) is 0.692. The molecule has 0 saturated carbocycles. The molecule has 6 heteroatoms. The van der Waals surface area contributed by atoms with Gasteiger partial charge >= 0.3 is 0 Å². The van der Waals surface area contributed by atoms with Crippen molar-refractivity contribution in [1.29, 1.82) is 0 Å². The molecule has 0 radical (unpaired) electrons. The number of carbonyl (C=O) groups is 2. The summed E-state index contributed by atoms with van der Waals surface area (Å²) in [5, 5.41) is 10.5. The monoisotopic (exact) mass is 248 g/mol. The van der Waals surface area contributed by atoms with Crippen molar-refractivity contribution in [2.75, 3.05) is 13.1 Å². The number of nitro benzene ring substituents is 1. The van der Waals surface area contributed by atoms with Gasteiger partial charge in [0.05, 0.1) is 11.5 Å². The molecule has 2 rings (SSSR count). The van der Waals surface area contributed by atoms with E-state index in [-0.39, 0.29) is 23.9 Å². The zero-order chi connectivity index (χ0) is 13.1. The van der Waals surface area contributed by atoms with Crippen molar-refractivity contribution >= 4 is 17.4 Å². The Morgan fingerprint density at radius 3 is 2.50 bits per heavy atom. The van der Waals surface area contributed by atoms with Gasteiger partial charge in [-0.05, 0) is 18.6 Å². The molecule has 0 aliphatic carbocycles. The Morgan fingerprint density at radius 1 is 1.28 bits per heavy atom. The molecule has 1 saturated heterocycles. The van der Waals surface area contributed by atoms with E-state index in [1.54, 1.807) is 0 Å². The number of hydrogen-bond donors (Lipinski definition) is 0. The number of nitro groups is 1. The zero-order valence-corrected chi connectivity index (χ0v) is 9.67.